The number of piperidine rings is 3. The smallest absolute Gasteiger partial charge is 0.131 e. The van der Waals surface area contributed by atoms with E-state index in [9.17, 15) is 5.11 Å². The van der Waals surface area contributed by atoms with Crippen LogP contribution in [0, 0.1) is 11.8 Å². The number of aliphatic hydroxyl groups excluding tert-OH is 1. The first-order valence-electron chi connectivity index (χ1n) is 8.61. The lowest BCUT2D eigenvalue weighted by atomic mass is 9.72. The van der Waals surface area contributed by atoms with Crippen molar-refractivity contribution in [1.29, 1.82) is 0 Å². The molecule has 3 aliphatic rings. The summed E-state index contributed by atoms with van der Waals surface area (Å²) in [6.45, 7) is 6.30. The molecule has 1 N–H and O–H groups in total. The first-order valence-corrected chi connectivity index (χ1v) is 8.61. The molecule has 1 aromatic heterocycles. The van der Waals surface area contributed by atoms with Gasteiger partial charge in [-0.15, -0.1) is 6.58 Å². The first kappa shape index (κ1) is 14.9. The normalized spacial score (nSPS) is 34.4. The van der Waals surface area contributed by atoms with Crippen LogP contribution in [0.3, 0.4) is 0 Å². The molecule has 1 aromatic carbocycles. The Labute approximate surface area is 137 Å². The molecule has 3 nitrogen and oxygen atoms in total. The molecule has 120 valence electrons. The minimum Gasteiger partial charge on any atom is -0.382 e. The van der Waals surface area contributed by atoms with E-state index < -0.39 is 6.10 Å². The molecule has 5 atom stereocenters. The summed E-state index contributed by atoms with van der Waals surface area (Å²) in [6.07, 6.45) is 5.87. The van der Waals surface area contributed by atoms with E-state index in [2.05, 4.69) is 30.8 Å². The van der Waals surface area contributed by atoms with Gasteiger partial charge in [0.05, 0.1) is 25.7 Å². The average Bonchev–Trinajstić information content (AvgIpc) is 2.60. The number of para-hydroxylation sites is 1. The highest BCUT2D eigenvalue weighted by atomic mass is 16.3. The lowest BCUT2D eigenvalue weighted by molar-refractivity contribution is -0.956. The predicted molar refractivity (Wildman–Crippen MR) is 92.8 cm³/mol. The monoisotopic (exact) mass is 309 g/mol. The molecule has 4 heterocycles. The Bertz CT molecular complexity index is 738. The third-order valence-corrected chi connectivity index (χ3v) is 6.26. The number of hydrogen-bond donors (Lipinski definition) is 1. The highest BCUT2D eigenvalue weighted by Crippen LogP contribution is 2.45. The lowest BCUT2D eigenvalue weighted by Gasteiger charge is -2.56. The van der Waals surface area contributed by atoms with Gasteiger partial charge in [-0.05, 0) is 23.6 Å². The molecule has 3 fully saturated rings. The molecule has 3 aliphatic heterocycles. The van der Waals surface area contributed by atoms with E-state index >= 15 is 0 Å². The molecule has 0 aliphatic carbocycles. The maximum Gasteiger partial charge on any atom is 0.131 e. The highest BCUT2D eigenvalue weighted by molar-refractivity contribution is 5.82. The summed E-state index contributed by atoms with van der Waals surface area (Å²) in [4.78, 5) is 4.43. The molecule has 23 heavy (non-hydrogen) atoms. The maximum atomic E-state index is 11.2. The zero-order valence-corrected chi connectivity index (χ0v) is 13.7. The van der Waals surface area contributed by atoms with Gasteiger partial charge in [-0.25, -0.2) is 0 Å². The van der Waals surface area contributed by atoms with Crippen molar-refractivity contribution >= 4 is 10.9 Å². The fourth-order valence-electron chi connectivity index (χ4n) is 4.88. The van der Waals surface area contributed by atoms with Gasteiger partial charge in [-0.3, -0.25) is 4.98 Å². The molecule has 5 rings (SSSR count). The highest BCUT2D eigenvalue weighted by Gasteiger charge is 2.51. The Kier molecular flexibility index (Phi) is 3.51. The molecule has 0 radical (unpaired) electrons. The number of benzene rings is 1. The lowest BCUT2D eigenvalue weighted by Crippen LogP contribution is -2.66. The second kappa shape index (κ2) is 5.43. The van der Waals surface area contributed by atoms with E-state index in [4.69, 9.17) is 0 Å². The van der Waals surface area contributed by atoms with Gasteiger partial charge in [0.15, 0.2) is 0 Å². The summed E-state index contributed by atoms with van der Waals surface area (Å²) in [5.74, 6) is 1.28. The van der Waals surface area contributed by atoms with Crippen LogP contribution in [-0.4, -0.2) is 40.8 Å². The van der Waals surface area contributed by atoms with Gasteiger partial charge in [0.2, 0.25) is 0 Å². The Morgan fingerprint density at radius 1 is 1.35 bits per heavy atom. The molecule has 0 spiro atoms. The standard InChI is InChI=1S/C20H25N2O/c1-3-14-13-22(2)11-9-15(14)12-19(22)20(23)17-8-10-21-18-7-5-4-6-16(17)18/h3-8,10,14-15,19-20,23H,1,9,11-13H2,2H3/q+1/t14-,15?,19-,20-,22-/m0/s1. The maximum absolute atomic E-state index is 11.2. The van der Waals surface area contributed by atoms with E-state index in [0.717, 1.165) is 33.9 Å². The predicted octanol–water partition coefficient (Wildman–Crippen LogP) is 3.31. The number of pyridine rings is 1. The van der Waals surface area contributed by atoms with E-state index in [1.165, 1.54) is 13.0 Å². The zero-order valence-electron chi connectivity index (χ0n) is 13.7. The summed E-state index contributed by atoms with van der Waals surface area (Å²) in [6, 6.07) is 10.4. The van der Waals surface area contributed by atoms with Crippen LogP contribution in [0.1, 0.15) is 24.5 Å². The first-order chi connectivity index (χ1) is 11.1. The molecule has 1 unspecified atom stereocenters. The van der Waals surface area contributed by atoms with Crippen molar-refractivity contribution in [3.8, 4) is 0 Å². The summed E-state index contributed by atoms with van der Waals surface area (Å²) >= 11 is 0. The van der Waals surface area contributed by atoms with Gasteiger partial charge in [-0.1, -0.05) is 24.3 Å². The topological polar surface area (TPSA) is 33.1 Å². The van der Waals surface area contributed by atoms with Crippen LogP contribution in [0.4, 0.5) is 0 Å². The van der Waals surface area contributed by atoms with Gasteiger partial charge in [0, 0.05) is 30.3 Å². The number of rotatable bonds is 3. The third-order valence-electron chi connectivity index (χ3n) is 6.26. The van der Waals surface area contributed by atoms with Crippen molar-refractivity contribution in [3.63, 3.8) is 0 Å². The summed E-state index contributed by atoms with van der Waals surface area (Å²) in [5, 5.41) is 12.3. The Morgan fingerprint density at radius 3 is 2.96 bits per heavy atom. The quantitative estimate of drug-likeness (QED) is 0.697. The van der Waals surface area contributed by atoms with Gasteiger partial charge < -0.3 is 9.59 Å². The SMILES string of the molecule is C=C[C@H]1C[N@+]2(C)CCC1C[C@H]2[C@@H](O)c1ccnc2ccccc12. The Morgan fingerprint density at radius 2 is 2.17 bits per heavy atom. The van der Waals surface area contributed by atoms with Crippen LogP contribution >= 0.6 is 0 Å². The van der Waals surface area contributed by atoms with Crippen LogP contribution in [0.5, 0.6) is 0 Å². The number of aliphatic hydroxyl groups is 1. The minimum atomic E-state index is -0.429. The molecule has 0 saturated carbocycles. The van der Waals surface area contributed by atoms with Crippen molar-refractivity contribution in [2.45, 2.75) is 25.0 Å². The molecular formula is C20H25N2O+. The molecule has 0 amide bonds. The average molecular weight is 309 g/mol. The van der Waals surface area contributed by atoms with Crippen LogP contribution in [0.25, 0.3) is 10.9 Å². The third kappa shape index (κ3) is 2.30. The van der Waals surface area contributed by atoms with Gasteiger partial charge in [0.1, 0.15) is 12.1 Å². The number of fused-ring (bicyclic) bond motifs is 4. The van der Waals surface area contributed by atoms with Crippen molar-refractivity contribution in [1.82, 2.24) is 4.98 Å². The van der Waals surface area contributed by atoms with E-state index in [1.807, 2.05) is 30.5 Å². The van der Waals surface area contributed by atoms with Gasteiger partial charge >= 0.3 is 0 Å². The minimum absolute atomic E-state index is 0.274. The Hall–Kier alpha value is -1.71. The molecule has 2 bridgehead atoms. The Balaban J connectivity index is 1.72. The molecule has 3 heteroatoms. The number of nitrogens with zero attached hydrogens (tertiary/aromatic N) is 2. The van der Waals surface area contributed by atoms with Crippen molar-refractivity contribution in [2.75, 3.05) is 20.1 Å². The van der Waals surface area contributed by atoms with Gasteiger partial charge in [0.25, 0.3) is 0 Å². The van der Waals surface area contributed by atoms with Crippen LogP contribution in [0.15, 0.2) is 49.2 Å². The number of likely N-dealkylation sites (N-methyl/N-ethyl adjacent to an activating group) is 1. The fourth-order valence-corrected chi connectivity index (χ4v) is 4.88. The second-order valence-corrected chi connectivity index (χ2v) is 7.50. The summed E-state index contributed by atoms with van der Waals surface area (Å²) in [5.41, 5.74) is 1.99. The van der Waals surface area contributed by atoms with Crippen LogP contribution in [0.2, 0.25) is 0 Å². The molecule has 2 aromatic rings. The number of aromatic nitrogens is 1. The van der Waals surface area contributed by atoms with Gasteiger partial charge in [-0.2, -0.15) is 0 Å². The van der Waals surface area contributed by atoms with E-state index in [-0.39, 0.29) is 6.04 Å². The van der Waals surface area contributed by atoms with Crippen molar-refractivity contribution in [3.05, 3.63) is 54.7 Å². The van der Waals surface area contributed by atoms with Crippen molar-refractivity contribution in [2.24, 2.45) is 11.8 Å². The molecular weight excluding hydrogens is 284 g/mol. The summed E-state index contributed by atoms with van der Waals surface area (Å²) in [7, 11) is 2.31. The van der Waals surface area contributed by atoms with Crippen LogP contribution < -0.4 is 0 Å². The fraction of sp³-hybridized carbons (Fsp3) is 0.450. The largest absolute Gasteiger partial charge is 0.382 e. The second-order valence-electron chi connectivity index (χ2n) is 7.50. The van der Waals surface area contributed by atoms with E-state index in [1.54, 1.807) is 0 Å². The molecule has 3 saturated heterocycles. The van der Waals surface area contributed by atoms with E-state index in [0.29, 0.717) is 11.8 Å². The number of quaternary nitrogens is 1. The number of hydrogen-bond acceptors (Lipinski definition) is 2. The zero-order chi connectivity index (χ0) is 16.0. The van der Waals surface area contributed by atoms with Crippen molar-refractivity contribution < 1.29 is 9.59 Å². The summed E-state index contributed by atoms with van der Waals surface area (Å²) < 4.78 is 0.963. The van der Waals surface area contributed by atoms with Crippen LogP contribution in [-0.2, 0) is 0 Å².